The number of halogens is 1. The molecule has 1 nitrogen and oxygen atoms in total. The molecule has 0 fully saturated rings. The van der Waals surface area contributed by atoms with Crippen LogP contribution in [-0.4, -0.2) is 10.8 Å². The highest BCUT2D eigenvalue weighted by atomic mass is 79.9. The van der Waals surface area contributed by atoms with Gasteiger partial charge in [-0.3, -0.25) is 0 Å². The topological polar surface area (TPSA) is 15.8 Å². The summed E-state index contributed by atoms with van der Waals surface area (Å²) >= 11 is 2.94. The van der Waals surface area contributed by atoms with E-state index in [4.69, 9.17) is 0 Å². The maximum atomic E-state index is 3.53. The molecular weight excluding hydrogens is 334 g/mol. The number of benzene rings is 2. The first-order valence-electron chi connectivity index (χ1n) is 7.99. The standard InChI is InChI=1S/C15H11N.2C2H6.CH3Br/c1-2-6-11-10(5-1)9-13-12-7-3-4-8-14(12)16-15(11)13;3*1-2/h1-8,16H,9H2;2*1-2H3;1H3. The Balaban J connectivity index is 0.000000365. The van der Waals surface area contributed by atoms with Crippen molar-refractivity contribution in [3.8, 4) is 11.3 Å². The van der Waals surface area contributed by atoms with Crippen LogP contribution in [0.4, 0.5) is 0 Å². The van der Waals surface area contributed by atoms with Crippen molar-refractivity contribution in [3.63, 3.8) is 0 Å². The molecule has 0 amide bonds. The van der Waals surface area contributed by atoms with E-state index < -0.39 is 0 Å². The van der Waals surface area contributed by atoms with Gasteiger partial charge in [0, 0.05) is 22.9 Å². The Kier molecular flexibility index (Phi) is 7.97. The molecule has 3 aromatic rings. The van der Waals surface area contributed by atoms with Gasteiger partial charge in [0.15, 0.2) is 0 Å². The van der Waals surface area contributed by atoms with Crippen molar-refractivity contribution >= 4 is 26.8 Å². The molecule has 1 aliphatic carbocycles. The van der Waals surface area contributed by atoms with Crippen LogP contribution in [0.3, 0.4) is 0 Å². The van der Waals surface area contributed by atoms with E-state index in [9.17, 15) is 0 Å². The van der Waals surface area contributed by atoms with Crippen LogP contribution in [0, 0.1) is 0 Å². The van der Waals surface area contributed by atoms with E-state index in [-0.39, 0.29) is 0 Å². The largest absolute Gasteiger partial charge is 0.354 e. The van der Waals surface area contributed by atoms with Crippen molar-refractivity contribution in [2.24, 2.45) is 0 Å². The summed E-state index contributed by atoms with van der Waals surface area (Å²) in [7, 11) is 0. The fourth-order valence-corrected chi connectivity index (χ4v) is 2.72. The minimum atomic E-state index is 1.06. The average molecular weight is 360 g/mol. The second-order valence-electron chi connectivity index (χ2n) is 4.36. The molecule has 2 aromatic carbocycles. The van der Waals surface area contributed by atoms with E-state index >= 15 is 0 Å². The lowest BCUT2D eigenvalue weighted by Crippen LogP contribution is -1.80. The fourth-order valence-electron chi connectivity index (χ4n) is 2.72. The predicted octanol–water partition coefficient (Wildman–Crippen LogP) is 6.80. The summed E-state index contributed by atoms with van der Waals surface area (Å²) in [6.45, 7) is 8.00. The van der Waals surface area contributed by atoms with Crippen LogP contribution < -0.4 is 0 Å². The van der Waals surface area contributed by atoms with E-state index in [2.05, 4.69) is 69.4 Å². The molecule has 0 saturated carbocycles. The van der Waals surface area contributed by atoms with Gasteiger partial charge in [0.25, 0.3) is 0 Å². The third-order valence-corrected chi connectivity index (χ3v) is 3.47. The van der Waals surface area contributed by atoms with Gasteiger partial charge < -0.3 is 4.98 Å². The summed E-state index contributed by atoms with van der Waals surface area (Å²) in [6, 6.07) is 17.2. The third kappa shape index (κ3) is 3.44. The van der Waals surface area contributed by atoms with Crippen molar-refractivity contribution in [1.29, 1.82) is 0 Å². The van der Waals surface area contributed by atoms with Crippen LogP contribution in [-0.2, 0) is 6.42 Å². The van der Waals surface area contributed by atoms with E-state index in [1.807, 2.05) is 33.5 Å². The summed E-state index contributed by atoms with van der Waals surface area (Å²) in [5.41, 5.74) is 6.83. The molecule has 0 spiro atoms. The first-order valence-corrected chi connectivity index (χ1v) is 9.58. The Bertz CT molecular complexity index is 698. The van der Waals surface area contributed by atoms with E-state index in [1.54, 1.807) is 0 Å². The lowest BCUT2D eigenvalue weighted by molar-refractivity contribution is 1.29. The molecule has 0 bridgehead atoms. The highest BCUT2D eigenvalue weighted by Gasteiger charge is 2.21. The summed E-state index contributed by atoms with van der Waals surface area (Å²) < 4.78 is 0. The number of aromatic nitrogens is 1. The summed E-state index contributed by atoms with van der Waals surface area (Å²) in [5, 5.41) is 1.37. The molecule has 0 aliphatic heterocycles. The molecule has 0 unspecified atom stereocenters. The zero-order chi connectivity index (χ0) is 16.5. The van der Waals surface area contributed by atoms with E-state index in [0.717, 1.165) is 6.42 Å². The van der Waals surface area contributed by atoms with Gasteiger partial charge in [-0.15, -0.1) is 0 Å². The van der Waals surface area contributed by atoms with Crippen LogP contribution in [0.5, 0.6) is 0 Å². The Morgan fingerprint density at radius 1 is 0.818 bits per heavy atom. The van der Waals surface area contributed by atoms with Crippen LogP contribution in [0.2, 0.25) is 0 Å². The first kappa shape index (κ1) is 18.5. The number of alkyl halides is 1. The normalized spacial score (nSPS) is 10.1. The first-order chi connectivity index (χ1) is 10.9. The lowest BCUT2D eigenvalue weighted by Gasteiger charge is -1.97. The zero-order valence-corrected chi connectivity index (χ0v) is 15.8. The molecule has 0 saturated heterocycles. The van der Waals surface area contributed by atoms with Gasteiger partial charge in [-0.05, 0) is 23.0 Å². The number of fused-ring (bicyclic) bond motifs is 5. The minimum Gasteiger partial charge on any atom is -0.354 e. The quantitative estimate of drug-likeness (QED) is 0.332. The molecule has 4 rings (SSSR count). The number of nitrogens with one attached hydrogen (secondary N) is 1. The van der Waals surface area contributed by atoms with Gasteiger partial charge in [0.05, 0.1) is 5.69 Å². The van der Waals surface area contributed by atoms with Crippen molar-refractivity contribution in [2.45, 2.75) is 34.1 Å². The van der Waals surface area contributed by atoms with Crippen molar-refractivity contribution in [1.82, 2.24) is 4.98 Å². The highest BCUT2D eigenvalue weighted by molar-refractivity contribution is 9.08. The molecule has 0 atom stereocenters. The Morgan fingerprint density at radius 2 is 1.41 bits per heavy atom. The molecule has 1 N–H and O–H groups in total. The van der Waals surface area contributed by atoms with Gasteiger partial charge in [0.1, 0.15) is 0 Å². The summed E-state index contributed by atoms with van der Waals surface area (Å²) in [5.74, 6) is 1.81. The molecule has 22 heavy (non-hydrogen) atoms. The number of rotatable bonds is 0. The Labute approximate surface area is 142 Å². The SMILES string of the molecule is CBr.CC.CC.c1ccc2c(c1)Cc1c-2[nH]c2ccccc12. The fraction of sp³-hybridized carbons (Fsp3) is 0.300. The maximum absolute atomic E-state index is 3.53. The van der Waals surface area contributed by atoms with E-state index in [1.165, 1.54) is 33.3 Å². The molecule has 0 radical (unpaired) electrons. The highest BCUT2D eigenvalue weighted by Crippen LogP contribution is 2.39. The average Bonchev–Trinajstić information content (AvgIpc) is 3.16. The third-order valence-electron chi connectivity index (χ3n) is 3.47. The molecule has 2 heteroatoms. The predicted molar refractivity (Wildman–Crippen MR) is 104 cm³/mol. The Hall–Kier alpha value is -1.54. The van der Waals surface area contributed by atoms with Crippen LogP contribution in [0.25, 0.3) is 22.2 Å². The van der Waals surface area contributed by atoms with Crippen molar-refractivity contribution in [3.05, 3.63) is 59.7 Å². The van der Waals surface area contributed by atoms with Crippen LogP contribution >= 0.6 is 15.9 Å². The number of para-hydroxylation sites is 1. The van der Waals surface area contributed by atoms with Crippen molar-refractivity contribution in [2.75, 3.05) is 5.83 Å². The second kappa shape index (κ2) is 9.47. The molecular formula is C20H26BrN. The van der Waals surface area contributed by atoms with Crippen molar-refractivity contribution < 1.29 is 0 Å². The molecule has 1 heterocycles. The number of H-pyrrole nitrogens is 1. The minimum absolute atomic E-state index is 1.06. The summed E-state index contributed by atoms with van der Waals surface area (Å²) in [6.07, 6.45) is 1.06. The van der Waals surface area contributed by atoms with Gasteiger partial charge in [0.2, 0.25) is 0 Å². The molecule has 1 aliphatic rings. The number of hydrogen-bond donors (Lipinski definition) is 1. The van der Waals surface area contributed by atoms with Crippen LogP contribution in [0.1, 0.15) is 38.8 Å². The number of aromatic amines is 1. The van der Waals surface area contributed by atoms with Gasteiger partial charge in [-0.25, -0.2) is 0 Å². The lowest BCUT2D eigenvalue weighted by atomic mass is 10.1. The Morgan fingerprint density at radius 3 is 2.14 bits per heavy atom. The summed E-state index contributed by atoms with van der Waals surface area (Å²) in [4.78, 5) is 3.53. The maximum Gasteiger partial charge on any atom is 0.0503 e. The smallest absolute Gasteiger partial charge is 0.0503 e. The second-order valence-corrected chi connectivity index (χ2v) is 4.36. The number of hydrogen-bond acceptors (Lipinski definition) is 0. The zero-order valence-electron chi connectivity index (χ0n) is 14.2. The van der Waals surface area contributed by atoms with Crippen LogP contribution in [0.15, 0.2) is 48.5 Å². The molecule has 118 valence electrons. The molecule has 1 aromatic heterocycles. The van der Waals surface area contributed by atoms with Gasteiger partial charge >= 0.3 is 0 Å². The van der Waals surface area contributed by atoms with E-state index in [0.29, 0.717) is 0 Å². The van der Waals surface area contributed by atoms with Gasteiger partial charge in [-0.1, -0.05) is 86.1 Å². The van der Waals surface area contributed by atoms with Gasteiger partial charge in [-0.2, -0.15) is 0 Å². The monoisotopic (exact) mass is 359 g/mol.